The van der Waals surface area contributed by atoms with E-state index in [2.05, 4.69) is 63.3 Å². The number of nitrogens with one attached hydrogen (secondary N) is 1. The molecule has 1 N–H and O–H groups in total. The summed E-state index contributed by atoms with van der Waals surface area (Å²) in [6.45, 7) is 13.6. The van der Waals surface area contributed by atoms with Gasteiger partial charge in [0.25, 0.3) is 0 Å². The summed E-state index contributed by atoms with van der Waals surface area (Å²) >= 11 is 0. The van der Waals surface area contributed by atoms with Crippen LogP contribution in [0.15, 0.2) is 48.5 Å². The highest BCUT2D eigenvalue weighted by atomic mass is 16.2. The van der Waals surface area contributed by atoms with E-state index in [1.54, 1.807) is 4.90 Å². The van der Waals surface area contributed by atoms with Crippen LogP contribution in [-0.4, -0.2) is 29.3 Å². The van der Waals surface area contributed by atoms with Gasteiger partial charge in [-0.1, -0.05) is 88.7 Å². The fourth-order valence-corrected chi connectivity index (χ4v) is 3.81. The third-order valence-electron chi connectivity index (χ3n) is 5.78. The molecule has 2 amide bonds. The molecule has 0 spiro atoms. The van der Waals surface area contributed by atoms with Crippen LogP contribution >= 0.6 is 0 Å². The Hall–Kier alpha value is -2.62. The van der Waals surface area contributed by atoms with Crippen molar-refractivity contribution in [2.75, 3.05) is 6.54 Å². The minimum Gasteiger partial charge on any atom is -0.354 e. The third-order valence-corrected chi connectivity index (χ3v) is 5.78. The number of amides is 2. The number of carbonyl (C=O) groups excluding carboxylic acids is 2. The van der Waals surface area contributed by atoms with Crippen LogP contribution in [0.2, 0.25) is 0 Å². The molecule has 0 saturated heterocycles. The molecule has 1 atom stereocenters. The lowest BCUT2D eigenvalue weighted by Crippen LogP contribution is -2.49. The molecule has 0 aromatic heterocycles. The quantitative estimate of drug-likeness (QED) is 0.496. The summed E-state index contributed by atoms with van der Waals surface area (Å²) in [7, 11) is 0. The predicted molar refractivity (Wildman–Crippen MR) is 133 cm³/mol. The average molecular weight is 437 g/mol. The number of aryl methyl sites for hydroxylation is 2. The van der Waals surface area contributed by atoms with E-state index in [9.17, 15) is 9.59 Å². The zero-order chi connectivity index (χ0) is 23.7. The Morgan fingerprint density at radius 2 is 1.66 bits per heavy atom. The highest BCUT2D eigenvalue weighted by molar-refractivity contribution is 5.87. The van der Waals surface area contributed by atoms with Crippen LogP contribution in [0, 0.1) is 12.8 Å². The van der Waals surface area contributed by atoms with Gasteiger partial charge in [0.15, 0.2) is 0 Å². The first-order valence-electron chi connectivity index (χ1n) is 11.9. The van der Waals surface area contributed by atoms with Gasteiger partial charge in [-0.15, -0.1) is 0 Å². The van der Waals surface area contributed by atoms with Crippen LogP contribution in [0.3, 0.4) is 0 Å². The van der Waals surface area contributed by atoms with E-state index in [1.165, 1.54) is 5.56 Å². The van der Waals surface area contributed by atoms with Crippen molar-refractivity contribution in [3.63, 3.8) is 0 Å². The lowest BCUT2D eigenvalue weighted by molar-refractivity contribution is -0.141. The van der Waals surface area contributed by atoms with Gasteiger partial charge < -0.3 is 10.2 Å². The largest absolute Gasteiger partial charge is 0.354 e. The molecule has 0 aliphatic rings. The molecule has 0 aliphatic carbocycles. The molecule has 2 rings (SSSR count). The molecule has 2 aromatic rings. The zero-order valence-electron chi connectivity index (χ0n) is 20.7. The Kier molecular flexibility index (Phi) is 9.96. The van der Waals surface area contributed by atoms with Crippen molar-refractivity contribution in [2.24, 2.45) is 5.92 Å². The Balaban J connectivity index is 2.17. The second-order valence-corrected chi connectivity index (χ2v) is 9.47. The van der Waals surface area contributed by atoms with Gasteiger partial charge in [-0.05, 0) is 48.3 Å². The summed E-state index contributed by atoms with van der Waals surface area (Å²) in [5, 5.41) is 3.02. The first kappa shape index (κ1) is 25.6. The van der Waals surface area contributed by atoms with Crippen LogP contribution in [0.4, 0.5) is 0 Å². The van der Waals surface area contributed by atoms with Gasteiger partial charge in [0, 0.05) is 19.5 Å². The van der Waals surface area contributed by atoms with Crippen molar-refractivity contribution in [1.29, 1.82) is 0 Å². The highest BCUT2D eigenvalue weighted by Gasteiger charge is 2.28. The first-order chi connectivity index (χ1) is 15.2. The smallest absolute Gasteiger partial charge is 0.242 e. The molecular formula is C28H40N2O2. The Morgan fingerprint density at radius 3 is 2.22 bits per heavy atom. The second kappa shape index (κ2) is 12.4. The maximum absolute atomic E-state index is 13.4. The van der Waals surface area contributed by atoms with Gasteiger partial charge in [-0.2, -0.15) is 0 Å². The van der Waals surface area contributed by atoms with Crippen molar-refractivity contribution in [3.8, 4) is 0 Å². The molecule has 0 aliphatic heterocycles. The summed E-state index contributed by atoms with van der Waals surface area (Å²) in [5.41, 5.74) is 4.65. The van der Waals surface area contributed by atoms with Crippen LogP contribution in [0.1, 0.15) is 75.6 Å². The van der Waals surface area contributed by atoms with Crippen molar-refractivity contribution in [1.82, 2.24) is 10.2 Å². The number of benzene rings is 2. The molecule has 4 nitrogen and oxygen atoms in total. The molecular weight excluding hydrogens is 396 g/mol. The molecule has 0 saturated carbocycles. The summed E-state index contributed by atoms with van der Waals surface area (Å²) in [6, 6.07) is 16.2. The van der Waals surface area contributed by atoms with E-state index in [1.807, 2.05) is 32.0 Å². The van der Waals surface area contributed by atoms with Crippen molar-refractivity contribution >= 4 is 11.8 Å². The Morgan fingerprint density at radius 1 is 0.969 bits per heavy atom. The Bertz CT molecular complexity index is 871. The summed E-state index contributed by atoms with van der Waals surface area (Å²) in [4.78, 5) is 28.1. The van der Waals surface area contributed by atoms with Crippen LogP contribution < -0.4 is 5.32 Å². The van der Waals surface area contributed by atoms with Gasteiger partial charge in [-0.3, -0.25) is 9.59 Å². The zero-order valence-corrected chi connectivity index (χ0v) is 20.7. The van der Waals surface area contributed by atoms with Gasteiger partial charge in [0.05, 0.1) is 0 Å². The third kappa shape index (κ3) is 7.81. The van der Waals surface area contributed by atoms with Gasteiger partial charge in [0.2, 0.25) is 11.8 Å². The van der Waals surface area contributed by atoms with Gasteiger partial charge >= 0.3 is 0 Å². The molecule has 1 unspecified atom stereocenters. The summed E-state index contributed by atoms with van der Waals surface area (Å²) in [5.74, 6) is 0.811. The highest BCUT2D eigenvalue weighted by Crippen LogP contribution is 2.18. The van der Waals surface area contributed by atoms with E-state index in [0.29, 0.717) is 44.2 Å². The number of rotatable bonds is 11. The van der Waals surface area contributed by atoms with Gasteiger partial charge in [-0.25, -0.2) is 0 Å². The standard InChI is InChI=1S/C28H40N2O2/c1-7-26(28(32)29-18-20(2)3)30(19-24-10-8-9-22(6)17-24)27(31)16-13-23-11-14-25(15-12-23)21(4)5/h8-12,14-15,17,20-21,26H,7,13,16,18-19H2,1-6H3,(H,29,32). The maximum atomic E-state index is 13.4. The molecule has 2 aromatic carbocycles. The van der Waals surface area contributed by atoms with Crippen LogP contribution in [0.25, 0.3) is 0 Å². The molecule has 0 radical (unpaired) electrons. The van der Waals surface area contributed by atoms with Gasteiger partial charge in [0.1, 0.15) is 6.04 Å². The number of nitrogens with zero attached hydrogens (tertiary/aromatic N) is 1. The monoisotopic (exact) mass is 436 g/mol. The normalized spacial score (nSPS) is 12.1. The van der Waals surface area contributed by atoms with E-state index in [4.69, 9.17) is 0 Å². The fraction of sp³-hybridized carbons (Fsp3) is 0.500. The molecule has 174 valence electrons. The minimum absolute atomic E-state index is 0.0194. The Labute approximate surface area is 194 Å². The maximum Gasteiger partial charge on any atom is 0.242 e. The first-order valence-corrected chi connectivity index (χ1v) is 11.9. The lowest BCUT2D eigenvalue weighted by Gasteiger charge is -2.31. The van der Waals surface area contributed by atoms with Crippen molar-refractivity contribution in [2.45, 2.75) is 79.3 Å². The molecule has 4 heteroatoms. The molecule has 0 bridgehead atoms. The molecule has 32 heavy (non-hydrogen) atoms. The number of hydrogen-bond donors (Lipinski definition) is 1. The summed E-state index contributed by atoms with van der Waals surface area (Å²) in [6.07, 6.45) is 1.65. The van der Waals surface area contributed by atoms with Crippen LogP contribution in [0.5, 0.6) is 0 Å². The fourth-order valence-electron chi connectivity index (χ4n) is 3.81. The predicted octanol–water partition coefficient (Wildman–Crippen LogP) is 5.63. The van der Waals surface area contributed by atoms with Crippen molar-refractivity contribution < 1.29 is 9.59 Å². The topological polar surface area (TPSA) is 49.4 Å². The average Bonchev–Trinajstić information content (AvgIpc) is 2.76. The van der Waals surface area contributed by atoms with E-state index in [-0.39, 0.29) is 11.8 Å². The summed E-state index contributed by atoms with van der Waals surface area (Å²) < 4.78 is 0. The van der Waals surface area contributed by atoms with E-state index < -0.39 is 6.04 Å². The van der Waals surface area contributed by atoms with E-state index >= 15 is 0 Å². The molecule has 0 fully saturated rings. The van der Waals surface area contributed by atoms with Crippen molar-refractivity contribution in [3.05, 3.63) is 70.8 Å². The van der Waals surface area contributed by atoms with Crippen LogP contribution in [-0.2, 0) is 22.6 Å². The minimum atomic E-state index is -0.468. The molecule has 0 heterocycles. The number of carbonyl (C=O) groups is 2. The van der Waals surface area contributed by atoms with E-state index in [0.717, 1.165) is 16.7 Å². The number of hydrogen-bond acceptors (Lipinski definition) is 2. The lowest BCUT2D eigenvalue weighted by atomic mass is 10.00. The second-order valence-electron chi connectivity index (χ2n) is 9.47. The SMILES string of the molecule is CCC(C(=O)NCC(C)C)N(Cc1cccc(C)c1)C(=O)CCc1ccc(C(C)C)cc1.